The van der Waals surface area contributed by atoms with E-state index in [0.717, 1.165) is 28.6 Å². The zero-order valence-electron chi connectivity index (χ0n) is 22.5. The molecule has 0 unspecified atom stereocenters. The number of nitrogens with one attached hydrogen (secondary N) is 1. The molecule has 1 aliphatic rings. The highest BCUT2D eigenvalue weighted by atomic mass is 32.2. The van der Waals surface area contributed by atoms with Gasteiger partial charge in [-0.25, -0.2) is 13.2 Å². The molecule has 2 aromatic carbocycles. The lowest BCUT2D eigenvalue weighted by molar-refractivity contribution is -0.384. The maximum Gasteiger partial charge on any atom is 0.407 e. The van der Waals surface area contributed by atoms with E-state index in [4.69, 9.17) is 14.0 Å². The Hall–Kier alpha value is -2.91. The fourth-order valence-electron chi connectivity index (χ4n) is 4.25. The number of amides is 1. The Kier molecular flexibility index (Phi) is 11.4. The minimum absolute atomic E-state index is 0.0329. The molecule has 0 saturated carbocycles. The summed E-state index contributed by atoms with van der Waals surface area (Å²) in [5.41, 5.74) is 0.313. The fraction of sp³-hybridized carbons (Fsp3) is 0.480. The molecule has 3 rings (SSSR count). The number of hydrogen-bond donors (Lipinski definition) is 1. The van der Waals surface area contributed by atoms with E-state index < -0.39 is 53.7 Å². The number of alkyl carbamates (subject to hydrolysis) is 1. The van der Waals surface area contributed by atoms with Gasteiger partial charge in [0.05, 0.1) is 43.0 Å². The number of rotatable bonds is 14. The Morgan fingerprint density at radius 2 is 1.80 bits per heavy atom. The largest absolute Gasteiger partial charge is 0.790 e. The first kappa shape index (κ1) is 32.6. The van der Waals surface area contributed by atoms with E-state index in [1.165, 1.54) is 0 Å². The van der Waals surface area contributed by atoms with Crippen molar-refractivity contribution in [1.29, 1.82) is 0 Å². The van der Waals surface area contributed by atoms with E-state index in [9.17, 15) is 37.7 Å². The first-order chi connectivity index (χ1) is 19.2. The first-order valence-electron chi connectivity index (χ1n) is 12.8. The summed E-state index contributed by atoms with van der Waals surface area (Å²) >= 11 is 0. The molecule has 0 aliphatic carbocycles. The van der Waals surface area contributed by atoms with Gasteiger partial charge in [-0.15, -0.1) is 0 Å². The molecule has 1 N–H and O–H groups in total. The molecular formula is C25H32N3O11PS-2. The normalized spacial score (nSPS) is 17.4. The van der Waals surface area contributed by atoms with Crippen LogP contribution >= 0.6 is 7.82 Å². The maximum absolute atomic E-state index is 13.6. The lowest BCUT2D eigenvalue weighted by Gasteiger charge is -2.39. The summed E-state index contributed by atoms with van der Waals surface area (Å²) in [5.74, 6) is -0.261. The summed E-state index contributed by atoms with van der Waals surface area (Å²) in [6, 6.07) is 11.5. The number of hydrogen-bond acceptors (Lipinski definition) is 11. The van der Waals surface area contributed by atoms with Gasteiger partial charge >= 0.3 is 6.09 Å². The Morgan fingerprint density at radius 1 is 1.15 bits per heavy atom. The zero-order chi connectivity index (χ0) is 30.2. The Bertz CT molecular complexity index is 1310. The van der Waals surface area contributed by atoms with E-state index in [0.29, 0.717) is 18.6 Å². The van der Waals surface area contributed by atoms with Crippen LogP contribution in [0, 0.1) is 16.0 Å². The van der Waals surface area contributed by atoms with Crippen LogP contribution in [0.1, 0.15) is 25.8 Å². The van der Waals surface area contributed by atoms with Crippen LogP contribution in [0.4, 0.5) is 10.5 Å². The molecule has 0 spiro atoms. The average Bonchev–Trinajstić information content (AvgIpc) is 3.40. The van der Waals surface area contributed by atoms with Crippen LogP contribution in [0.5, 0.6) is 0 Å². The van der Waals surface area contributed by atoms with Crippen LogP contribution in [0.3, 0.4) is 0 Å². The molecule has 3 atom stereocenters. The number of nitrogens with zero attached hydrogens (tertiary/aromatic N) is 2. The molecule has 1 aliphatic heterocycles. The molecule has 0 bridgehead atoms. The van der Waals surface area contributed by atoms with Crippen LogP contribution < -0.4 is 15.1 Å². The number of benzene rings is 2. The third kappa shape index (κ3) is 10.1. The van der Waals surface area contributed by atoms with E-state index in [1.807, 2.05) is 0 Å². The summed E-state index contributed by atoms with van der Waals surface area (Å²) in [7, 11) is -10.1. The second kappa shape index (κ2) is 14.3. The molecule has 1 heterocycles. The van der Waals surface area contributed by atoms with Gasteiger partial charge in [0.25, 0.3) is 5.69 Å². The predicted octanol–water partition coefficient (Wildman–Crippen LogP) is 1.58. The second-order valence-electron chi connectivity index (χ2n) is 9.89. The van der Waals surface area contributed by atoms with Crippen molar-refractivity contribution in [1.82, 2.24) is 9.62 Å². The number of phosphoric ester groups is 1. The van der Waals surface area contributed by atoms with Gasteiger partial charge in [-0.3, -0.25) is 10.1 Å². The summed E-state index contributed by atoms with van der Waals surface area (Å²) < 4.78 is 55.5. The summed E-state index contributed by atoms with van der Waals surface area (Å²) in [6.07, 6.45) is -2.68. The van der Waals surface area contributed by atoms with Gasteiger partial charge in [0.1, 0.15) is 6.10 Å². The van der Waals surface area contributed by atoms with Gasteiger partial charge in [0, 0.05) is 31.6 Å². The number of nitro benzene ring substituents is 1. The average molecular weight is 614 g/mol. The van der Waals surface area contributed by atoms with Crippen molar-refractivity contribution in [2.45, 2.75) is 49.8 Å². The summed E-state index contributed by atoms with van der Waals surface area (Å²) in [4.78, 5) is 46.5. The van der Waals surface area contributed by atoms with E-state index >= 15 is 0 Å². The number of nitro groups is 1. The number of ether oxygens (including phenoxy) is 2. The maximum atomic E-state index is 13.6. The predicted molar refractivity (Wildman–Crippen MR) is 142 cm³/mol. The van der Waals surface area contributed by atoms with Gasteiger partial charge in [-0.1, -0.05) is 44.2 Å². The molecule has 0 radical (unpaired) electrons. The lowest BCUT2D eigenvalue weighted by Crippen LogP contribution is -2.53. The second-order valence-corrected chi connectivity index (χ2v) is 12.9. The summed E-state index contributed by atoms with van der Waals surface area (Å²) in [6.45, 7) is 3.27. The van der Waals surface area contributed by atoms with Gasteiger partial charge in [0.15, 0.2) is 0 Å². The molecule has 226 valence electrons. The van der Waals surface area contributed by atoms with Crippen LogP contribution in [-0.4, -0.2) is 68.3 Å². The standard InChI is InChI=1S/C25H34N3O11PS/c1-18(2)15-27(41(35,36)22-10-8-20(9-11-22)28(30)31)16-24(39-40(32,33)34)23(14-19-6-4-3-5-7-19)26-25(29)38-21-12-13-37-17-21/h3-11,18,21,23-24H,12-17H2,1-2H3,(H,26,29)(H2,32,33,34)/p-2/t21-,23+,24+/m1/s1. The molecule has 41 heavy (non-hydrogen) atoms. The van der Waals surface area contributed by atoms with Crippen molar-refractivity contribution >= 4 is 29.6 Å². The van der Waals surface area contributed by atoms with Gasteiger partial charge < -0.3 is 33.7 Å². The van der Waals surface area contributed by atoms with Crippen molar-refractivity contribution in [3.8, 4) is 0 Å². The third-order valence-electron chi connectivity index (χ3n) is 6.11. The van der Waals surface area contributed by atoms with Crippen molar-refractivity contribution < 1.29 is 46.5 Å². The minimum Gasteiger partial charge on any atom is -0.790 e. The topological polar surface area (TPSA) is 200 Å². The Balaban J connectivity index is 1.97. The van der Waals surface area contributed by atoms with E-state index in [1.54, 1.807) is 44.2 Å². The van der Waals surface area contributed by atoms with Crippen molar-refractivity contribution in [3.05, 3.63) is 70.3 Å². The molecular weight excluding hydrogens is 581 g/mol. The highest BCUT2D eigenvalue weighted by Gasteiger charge is 2.34. The Labute approximate surface area is 238 Å². The monoisotopic (exact) mass is 613 g/mol. The van der Waals surface area contributed by atoms with Gasteiger partial charge in [-0.2, -0.15) is 4.31 Å². The van der Waals surface area contributed by atoms with Crippen molar-refractivity contribution in [2.75, 3.05) is 26.3 Å². The number of carbonyl (C=O) groups is 1. The molecule has 1 fully saturated rings. The number of non-ortho nitro benzene ring substituents is 1. The van der Waals surface area contributed by atoms with Crippen LogP contribution in [0.2, 0.25) is 0 Å². The third-order valence-corrected chi connectivity index (χ3v) is 8.49. The van der Waals surface area contributed by atoms with Crippen LogP contribution in [0.25, 0.3) is 0 Å². The summed E-state index contributed by atoms with van der Waals surface area (Å²) in [5, 5.41) is 13.6. The zero-order valence-corrected chi connectivity index (χ0v) is 24.2. The van der Waals surface area contributed by atoms with Crippen molar-refractivity contribution in [2.24, 2.45) is 5.92 Å². The number of carbonyl (C=O) groups excluding carboxylic acids is 1. The van der Waals surface area contributed by atoms with Gasteiger partial charge in [0.2, 0.25) is 10.0 Å². The lowest BCUT2D eigenvalue weighted by atomic mass is 10.0. The SMILES string of the molecule is CC(C)CN(C[C@H](OP(=O)([O-])[O-])[C@H](Cc1ccccc1)NC(=O)O[C@@H]1CCOC1)S(=O)(=O)c1ccc([N+](=O)[O-])cc1. The van der Waals surface area contributed by atoms with Crippen LogP contribution in [-0.2, 0) is 35.0 Å². The quantitative estimate of drug-likeness (QED) is 0.184. The highest BCUT2D eigenvalue weighted by molar-refractivity contribution is 7.89. The number of phosphoric acid groups is 1. The highest BCUT2D eigenvalue weighted by Crippen LogP contribution is 2.31. The molecule has 0 aromatic heterocycles. The molecule has 1 saturated heterocycles. The molecule has 14 nitrogen and oxygen atoms in total. The smallest absolute Gasteiger partial charge is 0.407 e. The van der Waals surface area contributed by atoms with Crippen LogP contribution in [0.15, 0.2) is 59.5 Å². The molecule has 2 aromatic rings. The molecule has 16 heteroatoms. The fourth-order valence-corrected chi connectivity index (χ4v) is 6.41. The first-order valence-corrected chi connectivity index (χ1v) is 15.7. The minimum atomic E-state index is -5.69. The Morgan fingerprint density at radius 3 is 2.34 bits per heavy atom. The van der Waals surface area contributed by atoms with E-state index in [-0.39, 0.29) is 36.1 Å². The number of sulfonamides is 1. The van der Waals surface area contributed by atoms with E-state index in [2.05, 4.69) is 5.32 Å². The van der Waals surface area contributed by atoms with Crippen molar-refractivity contribution in [3.63, 3.8) is 0 Å². The molecule has 1 amide bonds. The van der Waals surface area contributed by atoms with Gasteiger partial charge in [-0.05, 0) is 30.0 Å².